The van der Waals surface area contributed by atoms with E-state index in [1.165, 1.54) is 38.9 Å². The maximum Gasteiger partial charge on any atom is 0.107 e. The lowest BCUT2D eigenvalue weighted by Gasteiger charge is -2.09. The molecule has 15 heavy (non-hydrogen) atoms. The van der Waals surface area contributed by atoms with Crippen LogP contribution in [0.2, 0.25) is 0 Å². The Morgan fingerprint density at radius 3 is 3.13 bits per heavy atom. The minimum Gasteiger partial charge on any atom is -0.314 e. The first kappa shape index (κ1) is 9.51. The molecule has 0 unspecified atom stereocenters. The number of hydrogen-bond acceptors (Lipinski definition) is 4. The van der Waals surface area contributed by atoms with Crippen LogP contribution in [0.15, 0.2) is 11.4 Å². The Kier molecular flexibility index (Phi) is 2.35. The van der Waals surface area contributed by atoms with Gasteiger partial charge in [-0.3, -0.25) is 0 Å². The molecule has 0 radical (unpaired) electrons. The second-order valence-corrected chi connectivity index (χ2v) is 5.84. The Labute approximate surface area is 97.0 Å². The van der Waals surface area contributed by atoms with Crippen LogP contribution in [-0.2, 0) is 19.4 Å². The Morgan fingerprint density at radius 1 is 1.40 bits per heavy atom. The summed E-state index contributed by atoms with van der Waals surface area (Å²) in [5, 5.41) is 6.55. The first-order valence-electron chi connectivity index (χ1n) is 5.08. The molecule has 0 aromatic carbocycles. The summed E-state index contributed by atoms with van der Waals surface area (Å²) in [5.41, 5.74) is 2.62. The van der Waals surface area contributed by atoms with Crippen LogP contribution in [0.5, 0.6) is 0 Å². The van der Waals surface area contributed by atoms with E-state index in [0.29, 0.717) is 0 Å². The lowest BCUT2D eigenvalue weighted by molar-refractivity contribution is 0.810. The molecule has 0 fully saturated rings. The highest BCUT2D eigenvalue weighted by molar-refractivity contribution is 7.12. The highest BCUT2D eigenvalue weighted by Gasteiger charge is 2.21. The third-order valence-electron chi connectivity index (χ3n) is 2.65. The van der Waals surface area contributed by atoms with Crippen molar-refractivity contribution in [3.63, 3.8) is 0 Å². The highest BCUT2D eigenvalue weighted by Crippen LogP contribution is 2.38. The smallest absolute Gasteiger partial charge is 0.107 e. The van der Waals surface area contributed by atoms with Crippen molar-refractivity contribution in [1.29, 1.82) is 0 Å². The molecule has 78 valence electrons. The van der Waals surface area contributed by atoms with Gasteiger partial charge in [-0.25, -0.2) is 4.98 Å². The van der Waals surface area contributed by atoms with Gasteiger partial charge in [-0.05, 0) is 31.3 Å². The minimum atomic E-state index is 0.886. The van der Waals surface area contributed by atoms with Crippen LogP contribution in [0.25, 0.3) is 11.3 Å². The Hall–Kier alpha value is -0.710. The number of aryl methyl sites for hydroxylation is 2. The molecule has 0 spiro atoms. The number of aromatic nitrogens is 1. The van der Waals surface area contributed by atoms with E-state index in [2.05, 4.69) is 16.8 Å². The van der Waals surface area contributed by atoms with Gasteiger partial charge in [-0.1, -0.05) is 0 Å². The molecule has 2 aromatic rings. The normalized spacial score (nSPS) is 13.7. The fraction of sp³-hybridized carbons (Fsp3) is 0.364. The van der Waals surface area contributed by atoms with Gasteiger partial charge in [0.15, 0.2) is 0 Å². The molecular weight excluding hydrogens is 224 g/mol. The summed E-state index contributed by atoms with van der Waals surface area (Å²) < 4.78 is 0. The molecule has 0 amide bonds. The molecule has 0 aliphatic heterocycles. The van der Waals surface area contributed by atoms with Crippen molar-refractivity contribution in [2.24, 2.45) is 0 Å². The van der Waals surface area contributed by atoms with Crippen LogP contribution >= 0.6 is 22.7 Å². The van der Waals surface area contributed by atoms with Gasteiger partial charge in [0.25, 0.3) is 0 Å². The first-order chi connectivity index (χ1) is 7.38. The fourth-order valence-electron chi connectivity index (χ4n) is 1.98. The van der Waals surface area contributed by atoms with E-state index in [1.54, 1.807) is 0 Å². The van der Waals surface area contributed by atoms with Gasteiger partial charge in [-0.15, -0.1) is 22.7 Å². The van der Waals surface area contributed by atoms with Gasteiger partial charge >= 0.3 is 0 Å². The molecule has 1 aliphatic rings. The summed E-state index contributed by atoms with van der Waals surface area (Å²) in [6.07, 6.45) is 2.37. The average molecular weight is 236 g/mol. The molecule has 4 heteroatoms. The Balaban J connectivity index is 2.08. The van der Waals surface area contributed by atoms with Crippen molar-refractivity contribution in [2.75, 3.05) is 7.05 Å². The summed E-state index contributed by atoms with van der Waals surface area (Å²) in [7, 11) is 1.97. The maximum absolute atomic E-state index is 4.72. The highest BCUT2D eigenvalue weighted by atomic mass is 32.1. The van der Waals surface area contributed by atoms with Gasteiger partial charge in [0.1, 0.15) is 5.01 Å². The predicted octanol–water partition coefficient (Wildman–Crippen LogP) is 2.69. The number of fused-ring (bicyclic) bond motifs is 3. The van der Waals surface area contributed by atoms with Crippen LogP contribution in [0.1, 0.15) is 14.8 Å². The summed E-state index contributed by atoms with van der Waals surface area (Å²) in [6.45, 7) is 0.886. The van der Waals surface area contributed by atoms with E-state index in [-0.39, 0.29) is 0 Å². The minimum absolute atomic E-state index is 0.886. The van der Waals surface area contributed by atoms with Crippen LogP contribution in [-0.4, -0.2) is 12.0 Å². The van der Waals surface area contributed by atoms with Crippen LogP contribution in [0.4, 0.5) is 0 Å². The average Bonchev–Trinajstić information content (AvgIpc) is 2.80. The summed E-state index contributed by atoms with van der Waals surface area (Å²) in [6, 6.07) is 2.21. The maximum atomic E-state index is 4.72. The Morgan fingerprint density at radius 2 is 2.27 bits per heavy atom. The van der Waals surface area contributed by atoms with Gasteiger partial charge < -0.3 is 5.32 Å². The van der Waals surface area contributed by atoms with Crippen molar-refractivity contribution in [3.05, 3.63) is 26.2 Å². The third-order valence-corrected chi connectivity index (χ3v) is 4.75. The lowest BCUT2D eigenvalue weighted by Crippen LogP contribution is -2.04. The molecule has 2 heterocycles. The molecule has 0 atom stereocenters. The second-order valence-electron chi connectivity index (χ2n) is 3.67. The van der Waals surface area contributed by atoms with Gasteiger partial charge in [-0.2, -0.15) is 0 Å². The van der Waals surface area contributed by atoms with E-state index in [4.69, 9.17) is 4.98 Å². The number of nitrogens with one attached hydrogen (secondary N) is 1. The lowest BCUT2D eigenvalue weighted by atomic mass is 10.0. The van der Waals surface area contributed by atoms with Gasteiger partial charge in [0.05, 0.1) is 5.69 Å². The van der Waals surface area contributed by atoms with Crippen molar-refractivity contribution in [3.8, 4) is 11.3 Å². The predicted molar refractivity (Wildman–Crippen MR) is 65.6 cm³/mol. The molecule has 3 rings (SSSR count). The van der Waals surface area contributed by atoms with Gasteiger partial charge in [0.2, 0.25) is 0 Å². The molecule has 0 saturated heterocycles. The largest absolute Gasteiger partial charge is 0.314 e. The molecule has 1 N–H and O–H groups in total. The summed E-state index contributed by atoms with van der Waals surface area (Å²) in [4.78, 5) is 7.68. The van der Waals surface area contributed by atoms with E-state index >= 15 is 0 Å². The summed E-state index contributed by atoms with van der Waals surface area (Å²) >= 11 is 3.72. The zero-order valence-electron chi connectivity index (χ0n) is 8.54. The third kappa shape index (κ3) is 1.53. The monoisotopic (exact) mass is 236 g/mol. The number of thiophene rings is 1. The summed E-state index contributed by atoms with van der Waals surface area (Å²) in [5.74, 6) is 0. The standard InChI is InChI=1S/C11H12N2S2/c1-12-6-10-13-11-7-4-5-14-8(7)2-3-9(11)15-10/h4-5,12H,2-3,6H2,1H3. The van der Waals surface area contributed by atoms with Crippen LogP contribution in [0.3, 0.4) is 0 Å². The van der Waals surface area contributed by atoms with E-state index in [9.17, 15) is 0 Å². The first-order valence-corrected chi connectivity index (χ1v) is 6.78. The number of hydrogen-bond donors (Lipinski definition) is 1. The topological polar surface area (TPSA) is 24.9 Å². The Bertz CT molecular complexity index is 484. The molecule has 1 aliphatic carbocycles. The zero-order valence-corrected chi connectivity index (χ0v) is 10.2. The van der Waals surface area contributed by atoms with Crippen molar-refractivity contribution in [1.82, 2.24) is 10.3 Å². The van der Waals surface area contributed by atoms with Crippen molar-refractivity contribution < 1.29 is 0 Å². The fourth-order valence-corrected chi connectivity index (χ4v) is 3.95. The molecule has 0 bridgehead atoms. The zero-order chi connectivity index (χ0) is 10.3. The van der Waals surface area contributed by atoms with E-state index < -0.39 is 0 Å². The van der Waals surface area contributed by atoms with E-state index in [1.807, 2.05) is 29.7 Å². The van der Waals surface area contributed by atoms with Crippen molar-refractivity contribution >= 4 is 22.7 Å². The van der Waals surface area contributed by atoms with Crippen molar-refractivity contribution in [2.45, 2.75) is 19.4 Å². The molecule has 2 nitrogen and oxygen atoms in total. The number of nitrogens with zero attached hydrogens (tertiary/aromatic N) is 1. The SMILES string of the molecule is CNCc1nc2c(s1)CCc1sccc1-2. The number of thiazole rings is 1. The van der Waals surface area contributed by atoms with E-state index in [0.717, 1.165) is 6.54 Å². The second kappa shape index (κ2) is 3.70. The van der Waals surface area contributed by atoms with Gasteiger partial charge in [0, 0.05) is 21.9 Å². The molecule has 2 aromatic heterocycles. The molecule has 0 saturated carbocycles. The number of rotatable bonds is 2. The molecular formula is C11H12N2S2. The van der Waals surface area contributed by atoms with Crippen LogP contribution in [0, 0.1) is 0 Å². The van der Waals surface area contributed by atoms with Crippen LogP contribution < -0.4 is 5.32 Å². The quantitative estimate of drug-likeness (QED) is 0.867.